The molecule has 2 heterocycles. The molecule has 0 radical (unpaired) electrons. The van der Waals surface area contributed by atoms with Crippen LogP contribution in [0.5, 0.6) is 0 Å². The fourth-order valence-corrected chi connectivity index (χ4v) is 2.68. The third-order valence-corrected chi connectivity index (χ3v) is 4.02. The highest BCUT2D eigenvalue weighted by atomic mass is 32.2. The van der Waals surface area contributed by atoms with Crippen LogP contribution in [0, 0.1) is 0 Å². The molecular formula is C10H13N3OS2. The SMILES string of the molecule is CCCSCc1noc(-c2sccc2N)n1. The molecule has 86 valence electrons. The van der Waals surface area contributed by atoms with Crippen LogP contribution in [0.2, 0.25) is 0 Å². The maximum Gasteiger partial charge on any atom is 0.270 e. The standard InChI is InChI=1S/C10H13N3OS2/c1-2-4-15-6-8-12-10(14-13-8)9-7(11)3-5-16-9/h3,5H,2,4,6,11H2,1H3. The van der Waals surface area contributed by atoms with E-state index in [0.29, 0.717) is 11.6 Å². The van der Waals surface area contributed by atoms with Gasteiger partial charge < -0.3 is 10.3 Å². The third kappa shape index (κ3) is 2.56. The summed E-state index contributed by atoms with van der Waals surface area (Å²) in [5.74, 6) is 3.18. The lowest BCUT2D eigenvalue weighted by atomic mass is 10.4. The number of hydrogen-bond donors (Lipinski definition) is 1. The van der Waals surface area contributed by atoms with Crippen LogP contribution >= 0.6 is 23.1 Å². The van der Waals surface area contributed by atoms with Crippen LogP contribution in [0.15, 0.2) is 16.0 Å². The van der Waals surface area contributed by atoms with Gasteiger partial charge in [0.1, 0.15) is 4.88 Å². The maximum atomic E-state index is 5.78. The Bertz CT molecular complexity index is 452. The van der Waals surface area contributed by atoms with E-state index < -0.39 is 0 Å². The van der Waals surface area contributed by atoms with E-state index in [2.05, 4.69) is 17.1 Å². The van der Waals surface area contributed by atoms with Crippen LogP contribution in [-0.4, -0.2) is 15.9 Å². The fourth-order valence-electron chi connectivity index (χ4n) is 1.21. The maximum absolute atomic E-state index is 5.78. The van der Waals surface area contributed by atoms with E-state index in [9.17, 15) is 0 Å². The van der Waals surface area contributed by atoms with Crippen molar-refractivity contribution < 1.29 is 4.52 Å². The number of thiophene rings is 1. The molecule has 0 aliphatic carbocycles. The van der Waals surface area contributed by atoms with Crippen molar-refractivity contribution in [2.24, 2.45) is 0 Å². The van der Waals surface area contributed by atoms with E-state index in [1.54, 1.807) is 0 Å². The molecule has 0 bridgehead atoms. The zero-order valence-electron chi connectivity index (χ0n) is 8.97. The Kier molecular flexibility index (Phi) is 3.84. The molecule has 0 saturated carbocycles. The molecule has 0 aliphatic rings. The lowest BCUT2D eigenvalue weighted by molar-refractivity contribution is 0.426. The zero-order chi connectivity index (χ0) is 11.4. The summed E-state index contributed by atoms with van der Waals surface area (Å²) in [6, 6.07) is 1.84. The molecule has 16 heavy (non-hydrogen) atoms. The smallest absolute Gasteiger partial charge is 0.270 e. The Hall–Kier alpha value is -1.01. The summed E-state index contributed by atoms with van der Waals surface area (Å²) in [4.78, 5) is 5.18. The third-order valence-electron chi connectivity index (χ3n) is 1.94. The van der Waals surface area contributed by atoms with Gasteiger partial charge in [0.2, 0.25) is 0 Å². The van der Waals surface area contributed by atoms with Gasteiger partial charge in [0.25, 0.3) is 5.89 Å². The molecule has 0 atom stereocenters. The fraction of sp³-hybridized carbons (Fsp3) is 0.400. The van der Waals surface area contributed by atoms with Crippen molar-refractivity contribution in [3.05, 3.63) is 17.3 Å². The predicted molar refractivity (Wildman–Crippen MR) is 68.5 cm³/mol. The second-order valence-corrected chi connectivity index (χ2v) is 5.29. The van der Waals surface area contributed by atoms with Crippen LogP contribution in [0.4, 0.5) is 5.69 Å². The summed E-state index contributed by atoms with van der Waals surface area (Å²) in [7, 11) is 0. The number of hydrogen-bond acceptors (Lipinski definition) is 6. The summed E-state index contributed by atoms with van der Waals surface area (Å²) in [5, 5.41) is 5.85. The van der Waals surface area contributed by atoms with Gasteiger partial charge in [0.05, 0.1) is 11.4 Å². The number of anilines is 1. The van der Waals surface area contributed by atoms with E-state index in [0.717, 1.165) is 28.6 Å². The topological polar surface area (TPSA) is 64.9 Å². The summed E-state index contributed by atoms with van der Waals surface area (Å²) < 4.78 is 5.18. The average Bonchev–Trinajstić information content (AvgIpc) is 2.87. The largest absolute Gasteiger partial charge is 0.397 e. The lowest BCUT2D eigenvalue weighted by Gasteiger charge is -1.92. The van der Waals surface area contributed by atoms with Crippen molar-refractivity contribution in [1.82, 2.24) is 10.1 Å². The zero-order valence-corrected chi connectivity index (χ0v) is 10.6. The summed E-state index contributed by atoms with van der Waals surface area (Å²) >= 11 is 3.32. The monoisotopic (exact) mass is 255 g/mol. The number of aromatic nitrogens is 2. The molecule has 0 aliphatic heterocycles. The van der Waals surface area contributed by atoms with Crippen molar-refractivity contribution in [3.63, 3.8) is 0 Å². The molecule has 0 aromatic carbocycles. The first-order valence-corrected chi connectivity index (χ1v) is 7.08. The van der Waals surface area contributed by atoms with Crippen molar-refractivity contribution in [1.29, 1.82) is 0 Å². The summed E-state index contributed by atoms with van der Waals surface area (Å²) in [6.45, 7) is 2.15. The molecule has 0 unspecified atom stereocenters. The van der Waals surface area contributed by atoms with Gasteiger partial charge in [0.15, 0.2) is 5.82 Å². The van der Waals surface area contributed by atoms with E-state index >= 15 is 0 Å². The average molecular weight is 255 g/mol. The number of nitrogens with two attached hydrogens (primary N) is 1. The Morgan fingerprint density at radius 2 is 2.44 bits per heavy atom. The van der Waals surface area contributed by atoms with Crippen molar-refractivity contribution in [3.8, 4) is 10.8 Å². The molecule has 2 rings (SSSR count). The second kappa shape index (κ2) is 5.36. The highest BCUT2D eigenvalue weighted by molar-refractivity contribution is 7.98. The number of nitrogen functional groups attached to an aromatic ring is 1. The Balaban J connectivity index is 2.05. The second-order valence-electron chi connectivity index (χ2n) is 3.27. The van der Waals surface area contributed by atoms with Gasteiger partial charge in [-0.25, -0.2) is 0 Å². The molecule has 0 amide bonds. The molecule has 0 spiro atoms. The summed E-state index contributed by atoms with van der Waals surface area (Å²) in [6.07, 6.45) is 1.16. The minimum Gasteiger partial charge on any atom is -0.397 e. The van der Waals surface area contributed by atoms with Crippen molar-refractivity contribution in [2.45, 2.75) is 19.1 Å². The minimum atomic E-state index is 0.527. The van der Waals surface area contributed by atoms with Gasteiger partial charge in [-0.15, -0.1) is 11.3 Å². The van der Waals surface area contributed by atoms with Crippen LogP contribution in [-0.2, 0) is 5.75 Å². The molecule has 0 saturated heterocycles. The van der Waals surface area contributed by atoms with E-state index in [1.807, 2.05) is 23.2 Å². The van der Waals surface area contributed by atoms with Crippen LogP contribution in [0.25, 0.3) is 10.8 Å². The number of nitrogens with zero attached hydrogens (tertiary/aromatic N) is 2. The van der Waals surface area contributed by atoms with Crippen molar-refractivity contribution >= 4 is 28.8 Å². The highest BCUT2D eigenvalue weighted by Gasteiger charge is 2.12. The normalized spacial score (nSPS) is 10.8. The molecule has 4 nitrogen and oxygen atoms in total. The van der Waals surface area contributed by atoms with Gasteiger partial charge in [-0.3, -0.25) is 0 Å². The Morgan fingerprint density at radius 1 is 1.56 bits per heavy atom. The lowest BCUT2D eigenvalue weighted by Crippen LogP contribution is -1.86. The minimum absolute atomic E-state index is 0.527. The van der Waals surface area contributed by atoms with Crippen LogP contribution in [0.1, 0.15) is 19.2 Å². The summed E-state index contributed by atoms with van der Waals surface area (Å²) in [5.41, 5.74) is 6.48. The van der Waals surface area contributed by atoms with Gasteiger partial charge in [-0.05, 0) is 23.6 Å². The van der Waals surface area contributed by atoms with Gasteiger partial charge in [-0.1, -0.05) is 12.1 Å². The first-order chi connectivity index (χ1) is 7.81. The van der Waals surface area contributed by atoms with Crippen LogP contribution < -0.4 is 5.73 Å². The first-order valence-electron chi connectivity index (χ1n) is 5.05. The highest BCUT2D eigenvalue weighted by Crippen LogP contribution is 2.30. The van der Waals surface area contributed by atoms with E-state index in [4.69, 9.17) is 10.3 Å². The predicted octanol–water partition coefficient (Wildman–Crippen LogP) is 3.02. The molecule has 2 aromatic rings. The quantitative estimate of drug-likeness (QED) is 0.832. The number of rotatable bonds is 5. The Morgan fingerprint density at radius 3 is 3.12 bits per heavy atom. The number of thioether (sulfide) groups is 1. The molecule has 2 N–H and O–H groups in total. The molecule has 6 heteroatoms. The van der Waals surface area contributed by atoms with Gasteiger partial charge >= 0.3 is 0 Å². The molecule has 2 aromatic heterocycles. The molecule has 0 fully saturated rings. The van der Waals surface area contributed by atoms with Crippen LogP contribution in [0.3, 0.4) is 0 Å². The first kappa shape index (κ1) is 11.5. The van der Waals surface area contributed by atoms with Gasteiger partial charge in [-0.2, -0.15) is 16.7 Å². The van der Waals surface area contributed by atoms with E-state index in [-0.39, 0.29) is 0 Å². The van der Waals surface area contributed by atoms with E-state index in [1.165, 1.54) is 11.3 Å². The molecular weight excluding hydrogens is 242 g/mol. The van der Waals surface area contributed by atoms with Crippen molar-refractivity contribution in [2.75, 3.05) is 11.5 Å². The Labute approximate surface area is 102 Å². The van der Waals surface area contributed by atoms with Gasteiger partial charge in [0, 0.05) is 0 Å².